The Bertz CT molecular complexity index is 2400. The molecule has 170 valence electrons. The van der Waals surface area contributed by atoms with Gasteiger partial charge in [-0.3, -0.25) is 9.59 Å². The van der Waals surface area contributed by atoms with Crippen LogP contribution in [0.1, 0.15) is 0 Å². The van der Waals surface area contributed by atoms with Crippen molar-refractivity contribution in [3.63, 3.8) is 0 Å². The molecule has 0 aliphatic rings. The Labute approximate surface area is 236 Å². The van der Waals surface area contributed by atoms with Gasteiger partial charge in [-0.1, -0.05) is 28.1 Å². The molecule has 0 unspecified atom stereocenters. The minimum absolute atomic E-state index is 0.00611. The lowest BCUT2D eigenvalue weighted by molar-refractivity contribution is 1.60. The summed E-state index contributed by atoms with van der Waals surface area (Å²) in [5.74, 6) is 0. The molecule has 36 heavy (non-hydrogen) atoms. The monoisotopic (exact) mass is 718 g/mol. The molecule has 0 radical (unpaired) electrons. The summed E-state index contributed by atoms with van der Waals surface area (Å²) >= 11 is 14.5. The maximum absolute atomic E-state index is 13.8. The Kier molecular flexibility index (Phi) is 4.30. The molecule has 2 nitrogen and oxygen atoms in total. The third kappa shape index (κ3) is 2.51. The average Bonchev–Trinajstić information content (AvgIpc) is 2.87. The van der Waals surface area contributed by atoms with Crippen molar-refractivity contribution < 1.29 is 0 Å². The van der Waals surface area contributed by atoms with E-state index in [0.29, 0.717) is 16.2 Å². The second-order valence-electron chi connectivity index (χ2n) is 9.28. The van der Waals surface area contributed by atoms with E-state index in [4.69, 9.17) is 0 Å². The highest BCUT2D eigenvalue weighted by molar-refractivity contribution is 9.14. The van der Waals surface area contributed by atoms with E-state index in [9.17, 15) is 9.59 Å². The van der Waals surface area contributed by atoms with Crippen LogP contribution < -0.4 is 10.9 Å². The number of fused-ring (bicyclic) bond motifs is 4. The van der Waals surface area contributed by atoms with Gasteiger partial charge in [-0.15, -0.1) is 0 Å². The number of hydrogen-bond acceptors (Lipinski definition) is 2. The fourth-order valence-corrected chi connectivity index (χ4v) is 8.06. The van der Waals surface area contributed by atoms with Gasteiger partial charge < -0.3 is 0 Å². The molecule has 8 rings (SSSR count). The molecule has 0 saturated carbocycles. The molecule has 0 saturated heterocycles. The fourth-order valence-electron chi connectivity index (χ4n) is 6.08. The van der Waals surface area contributed by atoms with Crippen molar-refractivity contribution in [2.24, 2.45) is 0 Å². The van der Waals surface area contributed by atoms with Crippen LogP contribution in [0.25, 0.3) is 75.4 Å². The lowest BCUT2D eigenvalue weighted by atomic mass is 9.84. The standard InChI is InChI=1S/C30H10Br4O2/c31-13-3-6-14-17(9-13)18-7-11-2-5-16-25-19(20-10-21(32)27(33)28(34)26(20)30(16)36)8-12-1-4-15(29(14)35)24(18)22(12)23(11)25/h1-10H. The molecule has 0 amide bonds. The highest BCUT2D eigenvalue weighted by Crippen LogP contribution is 2.47. The fraction of sp³-hybridized carbons (Fsp3) is 0. The first-order valence-electron chi connectivity index (χ1n) is 11.2. The van der Waals surface area contributed by atoms with E-state index in [1.807, 2.05) is 48.5 Å². The molecule has 0 N–H and O–H groups in total. The van der Waals surface area contributed by atoms with E-state index < -0.39 is 0 Å². The summed E-state index contributed by atoms with van der Waals surface area (Å²) in [5, 5.41) is 12.8. The summed E-state index contributed by atoms with van der Waals surface area (Å²) in [6, 6.07) is 20.2. The van der Waals surface area contributed by atoms with Crippen molar-refractivity contribution in [1.29, 1.82) is 0 Å². The molecule has 8 aromatic carbocycles. The smallest absolute Gasteiger partial charge is 0.195 e. The van der Waals surface area contributed by atoms with Gasteiger partial charge in [0, 0.05) is 50.2 Å². The molecule has 0 aliphatic heterocycles. The number of halogens is 4. The molecule has 0 heterocycles. The van der Waals surface area contributed by atoms with Crippen LogP contribution in [-0.2, 0) is 0 Å². The van der Waals surface area contributed by atoms with Crippen molar-refractivity contribution in [2.45, 2.75) is 0 Å². The first kappa shape index (κ1) is 21.7. The molecular weight excluding hydrogens is 712 g/mol. The molecule has 8 aromatic rings. The Hall–Kier alpha value is -2.38. The highest BCUT2D eigenvalue weighted by atomic mass is 79.9. The van der Waals surface area contributed by atoms with Crippen LogP contribution in [-0.4, -0.2) is 0 Å². The highest BCUT2D eigenvalue weighted by Gasteiger charge is 2.23. The first-order chi connectivity index (χ1) is 17.3. The van der Waals surface area contributed by atoms with Gasteiger partial charge in [0.15, 0.2) is 10.9 Å². The van der Waals surface area contributed by atoms with Crippen LogP contribution >= 0.6 is 63.7 Å². The first-order valence-corrected chi connectivity index (χ1v) is 14.4. The summed E-state index contributed by atoms with van der Waals surface area (Å²) in [5.41, 5.74) is 0.0306. The predicted octanol–water partition coefficient (Wildman–Crippen LogP) is 9.84. The van der Waals surface area contributed by atoms with Gasteiger partial charge in [0.2, 0.25) is 0 Å². The summed E-state index contributed by atoms with van der Waals surface area (Å²) in [6.45, 7) is 0. The van der Waals surface area contributed by atoms with Gasteiger partial charge in [-0.2, -0.15) is 0 Å². The van der Waals surface area contributed by atoms with Crippen LogP contribution in [0, 0.1) is 0 Å². The van der Waals surface area contributed by atoms with Crippen molar-refractivity contribution in [3.8, 4) is 0 Å². The Morgan fingerprint density at radius 3 is 1.64 bits per heavy atom. The van der Waals surface area contributed by atoms with E-state index in [1.54, 1.807) is 0 Å². The van der Waals surface area contributed by atoms with Crippen molar-refractivity contribution in [2.75, 3.05) is 0 Å². The summed E-state index contributed by atoms with van der Waals surface area (Å²) in [7, 11) is 0. The molecule has 0 fully saturated rings. The largest absolute Gasteiger partial charge is 0.289 e. The van der Waals surface area contributed by atoms with Crippen LogP contribution in [0.4, 0.5) is 0 Å². The normalized spacial score (nSPS) is 12.7. The minimum Gasteiger partial charge on any atom is -0.289 e. The van der Waals surface area contributed by atoms with Gasteiger partial charge in [-0.25, -0.2) is 0 Å². The van der Waals surface area contributed by atoms with Crippen molar-refractivity contribution >= 4 is 139 Å². The van der Waals surface area contributed by atoms with E-state index in [-0.39, 0.29) is 10.9 Å². The third-order valence-electron chi connectivity index (χ3n) is 7.55. The topological polar surface area (TPSA) is 34.1 Å². The minimum atomic E-state index is -0.00611. The lowest BCUT2D eigenvalue weighted by Gasteiger charge is -2.19. The summed E-state index contributed by atoms with van der Waals surface area (Å²) in [6.07, 6.45) is 0. The maximum atomic E-state index is 13.8. The zero-order chi connectivity index (χ0) is 24.6. The summed E-state index contributed by atoms with van der Waals surface area (Å²) in [4.78, 5) is 27.4. The quantitative estimate of drug-likeness (QED) is 0.0888. The van der Waals surface area contributed by atoms with E-state index in [2.05, 4.69) is 75.9 Å². The molecule has 0 bridgehead atoms. The average molecular weight is 722 g/mol. The van der Waals surface area contributed by atoms with Gasteiger partial charge in [0.05, 0.1) is 0 Å². The molecule has 0 atom stereocenters. The maximum Gasteiger partial charge on any atom is 0.195 e. The van der Waals surface area contributed by atoms with Gasteiger partial charge in [-0.05, 0) is 139 Å². The van der Waals surface area contributed by atoms with Gasteiger partial charge in [0.1, 0.15) is 0 Å². The predicted molar refractivity (Wildman–Crippen MR) is 166 cm³/mol. The van der Waals surface area contributed by atoms with Crippen LogP contribution in [0.15, 0.2) is 88.1 Å². The molecule has 6 heteroatoms. The zero-order valence-corrected chi connectivity index (χ0v) is 24.4. The number of benzene rings is 8. The number of hydrogen-bond donors (Lipinski definition) is 0. The van der Waals surface area contributed by atoms with Gasteiger partial charge in [0.25, 0.3) is 0 Å². The SMILES string of the molecule is O=c1c2ccc(Br)cc2c2cc3ccc4c(=O)c5c(Br)c(Br)c(Br)cc5c5cc6ccc1c2c6c3c45. The second-order valence-corrected chi connectivity index (χ2v) is 12.6. The third-order valence-corrected chi connectivity index (χ3v) is 11.3. The van der Waals surface area contributed by atoms with Crippen LogP contribution in [0.2, 0.25) is 0 Å². The lowest BCUT2D eigenvalue weighted by Crippen LogP contribution is -2.07. The Morgan fingerprint density at radius 1 is 0.417 bits per heavy atom. The van der Waals surface area contributed by atoms with E-state index in [0.717, 1.165) is 77.1 Å². The van der Waals surface area contributed by atoms with Crippen molar-refractivity contribution in [3.05, 3.63) is 99.0 Å². The molecular formula is C30H10Br4O2. The molecule has 0 aliphatic carbocycles. The van der Waals surface area contributed by atoms with E-state index >= 15 is 0 Å². The van der Waals surface area contributed by atoms with Crippen LogP contribution in [0.5, 0.6) is 0 Å². The molecule has 0 aromatic heterocycles. The van der Waals surface area contributed by atoms with Crippen LogP contribution in [0.3, 0.4) is 0 Å². The Balaban J connectivity index is 1.76. The zero-order valence-electron chi connectivity index (χ0n) is 18.1. The van der Waals surface area contributed by atoms with Gasteiger partial charge >= 0.3 is 0 Å². The van der Waals surface area contributed by atoms with E-state index in [1.165, 1.54) is 0 Å². The molecule has 0 spiro atoms. The Morgan fingerprint density at radius 2 is 0.972 bits per heavy atom. The second kappa shape index (κ2) is 7.13. The number of rotatable bonds is 0. The summed E-state index contributed by atoms with van der Waals surface area (Å²) < 4.78 is 3.37. The van der Waals surface area contributed by atoms with Crippen molar-refractivity contribution in [1.82, 2.24) is 0 Å².